The molecule has 0 saturated heterocycles. The Morgan fingerprint density at radius 3 is 2.67 bits per heavy atom. The van der Waals surface area contributed by atoms with Crippen LogP contribution in [0.25, 0.3) is 0 Å². The van der Waals surface area contributed by atoms with Crippen molar-refractivity contribution in [3.63, 3.8) is 0 Å². The zero-order valence-corrected chi connectivity index (χ0v) is 10.8. The largest absolute Gasteiger partial charge is 1.00 e. The van der Waals surface area contributed by atoms with Gasteiger partial charge in [0.05, 0.1) is 6.61 Å². The standard InChI is InChI=1S/C6H9O2.Rb/c1-3-8-5-6(2)4-7;/h4-5H,2-3H2,1H3;/q-1;+1/b6-5-;. The SMILES string of the molecule is [CH2-]/C(C=O)=C/OCC.[Rb+]. The Balaban J connectivity index is 0. The van der Waals surface area contributed by atoms with E-state index < -0.39 is 0 Å². The van der Waals surface area contributed by atoms with Crippen LogP contribution in [-0.4, -0.2) is 12.9 Å². The molecule has 0 saturated carbocycles. The average molecular weight is 199 g/mol. The van der Waals surface area contributed by atoms with Gasteiger partial charge in [0, 0.05) is 6.29 Å². The monoisotopic (exact) mass is 198 g/mol. The Morgan fingerprint density at radius 2 is 2.33 bits per heavy atom. The summed E-state index contributed by atoms with van der Waals surface area (Å²) in [5.41, 5.74) is 0.367. The molecule has 0 aliphatic heterocycles. The van der Waals surface area contributed by atoms with Gasteiger partial charge in [-0.2, -0.15) is 6.92 Å². The van der Waals surface area contributed by atoms with E-state index >= 15 is 0 Å². The minimum absolute atomic E-state index is 0. The molecule has 0 amide bonds. The Kier molecular flexibility index (Phi) is 12.4. The van der Waals surface area contributed by atoms with Gasteiger partial charge in [-0.25, -0.2) is 0 Å². The predicted molar refractivity (Wildman–Crippen MR) is 31.1 cm³/mol. The van der Waals surface area contributed by atoms with Gasteiger partial charge in [0.25, 0.3) is 0 Å². The summed E-state index contributed by atoms with van der Waals surface area (Å²) in [4.78, 5) is 9.80. The van der Waals surface area contributed by atoms with Crippen LogP contribution in [0.1, 0.15) is 6.92 Å². The van der Waals surface area contributed by atoms with Gasteiger partial charge in [-0.15, -0.1) is 5.57 Å². The molecule has 0 aromatic carbocycles. The molecule has 0 N–H and O–H groups in total. The second kappa shape index (κ2) is 8.89. The van der Waals surface area contributed by atoms with Crippen molar-refractivity contribution in [1.82, 2.24) is 0 Å². The third-order valence-electron chi connectivity index (χ3n) is 0.553. The van der Waals surface area contributed by atoms with Crippen molar-refractivity contribution in [2.75, 3.05) is 6.61 Å². The maximum absolute atomic E-state index is 9.80. The first-order chi connectivity index (χ1) is 3.81. The molecule has 2 nitrogen and oxygen atoms in total. The fraction of sp³-hybridized carbons (Fsp3) is 0.333. The Labute approximate surface area is 104 Å². The zero-order valence-electron chi connectivity index (χ0n) is 5.89. The molecule has 0 unspecified atom stereocenters. The first-order valence-corrected chi connectivity index (χ1v) is 2.40. The van der Waals surface area contributed by atoms with E-state index in [0.29, 0.717) is 18.5 Å². The van der Waals surface area contributed by atoms with Crippen molar-refractivity contribution in [3.8, 4) is 0 Å². The van der Waals surface area contributed by atoms with Crippen LogP contribution >= 0.6 is 0 Å². The van der Waals surface area contributed by atoms with E-state index in [0.717, 1.165) is 0 Å². The molecule has 0 aliphatic rings. The van der Waals surface area contributed by atoms with Crippen LogP contribution in [0, 0.1) is 6.92 Å². The number of allylic oxidation sites excluding steroid dienone is 1. The molecule has 0 radical (unpaired) electrons. The number of ether oxygens (including phenoxy) is 1. The molecule has 0 rings (SSSR count). The molecule has 46 valence electrons. The fourth-order valence-corrected chi connectivity index (χ4v) is 0.218. The summed E-state index contributed by atoms with van der Waals surface area (Å²) in [7, 11) is 0. The van der Waals surface area contributed by atoms with E-state index in [4.69, 9.17) is 4.74 Å². The summed E-state index contributed by atoms with van der Waals surface area (Å²) in [6.45, 7) is 5.78. The van der Waals surface area contributed by atoms with Crippen molar-refractivity contribution in [2.24, 2.45) is 0 Å². The minimum Gasteiger partial charge on any atom is -0.558 e. The minimum atomic E-state index is 0. The molecule has 0 fully saturated rings. The maximum Gasteiger partial charge on any atom is 1.00 e. The average Bonchev–Trinajstić information content (AvgIpc) is 1.83. The summed E-state index contributed by atoms with van der Waals surface area (Å²) < 4.78 is 4.73. The van der Waals surface area contributed by atoms with E-state index in [2.05, 4.69) is 6.92 Å². The summed E-state index contributed by atoms with van der Waals surface area (Å²) in [6.07, 6.45) is 1.99. The molecule has 9 heavy (non-hydrogen) atoms. The van der Waals surface area contributed by atoms with E-state index in [9.17, 15) is 4.79 Å². The number of carbonyl (C=O) groups excluding carboxylic acids is 1. The number of carbonyl (C=O) groups is 1. The van der Waals surface area contributed by atoms with Crippen LogP contribution in [0.2, 0.25) is 0 Å². The number of hydrogen-bond acceptors (Lipinski definition) is 2. The summed E-state index contributed by atoms with van der Waals surface area (Å²) in [5, 5.41) is 0. The van der Waals surface area contributed by atoms with Crippen molar-refractivity contribution in [2.45, 2.75) is 6.92 Å². The van der Waals surface area contributed by atoms with E-state index in [1.165, 1.54) is 6.26 Å². The van der Waals surface area contributed by atoms with Gasteiger partial charge in [0.2, 0.25) is 0 Å². The molecular weight excluding hydrogens is 190 g/mol. The number of hydrogen-bond donors (Lipinski definition) is 0. The van der Waals surface area contributed by atoms with Crippen LogP contribution in [-0.2, 0) is 9.53 Å². The molecule has 0 aliphatic carbocycles. The number of aldehydes is 1. The first-order valence-electron chi connectivity index (χ1n) is 2.40. The van der Waals surface area contributed by atoms with Gasteiger partial charge in [-0.3, -0.25) is 0 Å². The normalized spacial score (nSPS) is 9.67. The molecule has 0 aromatic heterocycles. The topological polar surface area (TPSA) is 26.3 Å². The van der Waals surface area contributed by atoms with Gasteiger partial charge in [-0.1, -0.05) is 0 Å². The van der Waals surface area contributed by atoms with Crippen molar-refractivity contribution in [1.29, 1.82) is 0 Å². The van der Waals surface area contributed by atoms with Gasteiger partial charge >= 0.3 is 58.2 Å². The van der Waals surface area contributed by atoms with Gasteiger partial charge < -0.3 is 9.53 Å². The van der Waals surface area contributed by atoms with Crippen molar-refractivity contribution in [3.05, 3.63) is 18.8 Å². The zero-order chi connectivity index (χ0) is 6.41. The van der Waals surface area contributed by atoms with Crippen molar-refractivity contribution < 1.29 is 67.7 Å². The summed E-state index contributed by atoms with van der Waals surface area (Å²) >= 11 is 0. The second-order valence-corrected chi connectivity index (χ2v) is 1.27. The van der Waals surface area contributed by atoms with E-state index in [-0.39, 0.29) is 58.2 Å². The molecule has 0 aromatic rings. The van der Waals surface area contributed by atoms with E-state index in [1.54, 1.807) is 0 Å². The molecular formula is C6H9O2Rb. The number of rotatable bonds is 3. The second-order valence-electron chi connectivity index (χ2n) is 1.27. The quantitative estimate of drug-likeness (QED) is 0.226. The smallest absolute Gasteiger partial charge is 0.558 e. The third kappa shape index (κ3) is 8.89. The van der Waals surface area contributed by atoms with Crippen LogP contribution < -0.4 is 58.2 Å². The maximum atomic E-state index is 9.80. The summed E-state index contributed by atoms with van der Waals surface area (Å²) in [6, 6.07) is 0. The van der Waals surface area contributed by atoms with Crippen LogP contribution in [0.3, 0.4) is 0 Å². The molecule has 0 bridgehead atoms. The third-order valence-corrected chi connectivity index (χ3v) is 0.553. The van der Waals surface area contributed by atoms with Gasteiger partial charge in [-0.05, 0) is 13.2 Å². The first kappa shape index (κ1) is 12.6. The predicted octanol–water partition coefficient (Wildman–Crippen LogP) is -2.06. The van der Waals surface area contributed by atoms with Crippen molar-refractivity contribution >= 4 is 6.29 Å². The molecule has 0 atom stereocenters. The fourth-order valence-electron chi connectivity index (χ4n) is 0.218. The molecule has 0 heterocycles. The van der Waals surface area contributed by atoms with Gasteiger partial charge in [0.1, 0.15) is 0 Å². The molecule has 3 heteroatoms. The Hall–Kier alpha value is 0.885. The van der Waals surface area contributed by atoms with Crippen LogP contribution in [0.5, 0.6) is 0 Å². The van der Waals surface area contributed by atoms with Crippen LogP contribution in [0.15, 0.2) is 11.8 Å². The van der Waals surface area contributed by atoms with Crippen LogP contribution in [0.4, 0.5) is 0 Å². The van der Waals surface area contributed by atoms with Gasteiger partial charge in [0.15, 0.2) is 0 Å². The Bertz CT molecular complexity index is 99.2. The molecule has 0 spiro atoms. The summed E-state index contributed by atoms with van der Waals surface area (Å²) in [5.74, 6) is 0. The Morgan fingerprint density at radius 1 is 1.78 bits per heavy atom. The van der Waals surface area contributed by atoms with E-state index in [1.807, 2.05) is 6.92 Å².